The minimum Gasteiger partial charge on any atom is -0.461 e. The van der Waals surface area contributed by atoms with E-state index in [1.165, 1.54) is 57.8 Å². The van der Waals surface area contributed by atoms with E-state index in [4.69, 9.17) is 4.74 Å². The van der Waals surface area contributed by atoms with Crippen molar-refractivity contribution in [3.05, 3.63) is 11.6 Å². The maximum atomic E-state index is 12.6. The van der Waals surface area contributed by atoms with Gasteiger partial charge in [0, 0.05) is 6.42 Å². The van der Waals surface area contributed by atoms with Crippen molar-refractivity contribution in [3.8, 4) is 0 Å². The first-order valence-corrected chi connectivity index (χ1v) is 15.9. The largest absolute Gasteiger partial charge is 0.461 e. The number of carbonyl (C=O) groups excluding carboxylic acids is 1. The number of allylic oxidation sites excluding steroid dienone is 1. The molecule has 0 radical (unpaired) electrons. The highest BCUT2D eigenvalue weighted by Crippen LogP contribution is 2.67. The summed E-state index contributed by atoms with van der Waals surface area (Å²) in [6, 6.07) is 0. The second-order valence-corrected chi connectivity index (χ2v) is 15.2. The zero-order chi connectivity index (χ0) is 25.5. The smallest absolute Gasteiger partial charge is 0.320 e. The van der Waals surface area contributed by atoms with Crippen molar-refractivity contribution < 1.29 is 9.53 Å². The van der Waals surface area contributed by atoms with Crippen LogP contribution in [0.3, 0.4) is 0 Å². The molecule has 0 aromatic heterocycles. The van der Waals surface area contributed by atoms with Gasteiger partial charge in [-0.1, -0.05) is 95.3 Å². The number of fused-ring (bicyclic) bond motifs is 5. The number of hydrogen-bond acceptors (Lipinski definition) is 2. The van der Waals surface area contributed by atoms with Gasteiger partial charge < -0.3 is 4.74 Å². The number of halogens is 1. The van der Waals surface area contributed by atoms with Crippen molar-refractivity contribution in [2.75, 3.05) is 0 Å². The van der Waals surface area contributed by atoms with E-state index >= 15 is 0 Å². The Morgan fingerprint density at radius 1 is 1.03 bits per heavy atom. The number of ether oxygens (including phenoxy) is 1. The molecular weight excluding hydrogens is 496 g/mol. The summed E-state index contributed by atoms with van der Waals surface area (Å²) in [5, 5.41) is 0. The van der Waals surface area contributed by atoms with Crippen molar-refractivity contribution in [2.24, 2.45) is 52.3 Å². The van der Waals surface area contributed by atoms with Gasteiger partial charge in [-0.15, -0.1) is 0 Å². The van der Waals surface area contributed by atoms with Crippen LogP contribution in [0.1, 0.15) is 119 Å². The minimum atomic E-state index is -0.195. The SMILES string of the molecule is CC(C)CCC[C@@H](C)[C@H]1CC[C@H]2[C@@H]3CC=C4C[C@H](OC(=O)[C@H](Br)C(C)C)CC[C@]4(C)[C@H]3CC[C@]12C. The molecule has 35 heavy (non-hydrogen) atoms. The summed E-state index contributed by atoms with van der Waals surface area (Å²) in [5.41, 5.74) is 2.48. The first-order chi connectivity index (χ1) is 16.5. The summed E-state index contributed by atoms with van der Waals surface area (Å²) < 4.78 is 5.99. The normalized spacial score (nSPS) is 40.5. The van der Waals surface area contributed by atoms with Gasteiger partial charge in [0.1, 0.15) is 10.9 Å². The van der Waals surface area contributed by atoms with Gasteiger partial charge in [0.25, 0.3) is 0 Å². The van der Waals surface area contributed by atoms with Crippen molar-refractivity contribution in [1.29, 1.82) is 0 Å². The van der Waals surface area contributed by atoms with Crippen molar-refractivity contribution >= 4 is 21.9 Å². The second-order valence-electron chi connectivity index (χ2n) is 14.2. The van der Waals surface area contributed by atoms with Crippen molar-refractivity contribution in [1.82, 2.24) is 0 Å². The van der Waals surface area contributed by atoms with Crippen molar-refractivity contribution in [3.63, 3.8) is 0 Å². The average molecular weight is 550 g/mol. The van der Waals surface area contributed by atoms with E-state index < -0.39 is 0 Å². The van der Waals surface area contributed by atoms with Crippen LogP contribution < -0.4 is 0 Å². The molecule has 0 aliphatic heterocycles. The molecule has 0 N–H and O–H groups in total. The average Bonchev–Trinajstić information content (AvgIpc) is 3.15. The number of alkyl halides is 1. The lowest BCUT2D eigenvalue weighted by Crippen LogP contribution is -2.51. The Morgan fingerprint density at radius 3 is 2.46 bits per heavy atom. The molecule has 0 spiro atoms. The molecule has 0 amide bonds. The number of carbonyl (C=O) groups is 1. The van der Waals surface area contributed by atoms with Crippen molar-refractivity contribution in [2.45, 2.75) is 130 Å². The topological polar surface area (TPSA) is 26.3 Å². The van der Waals surface area contributed by atoms with Crippen LogP contribution in [0.4, 0.5) is 0 Å². The third kappa shape index (κ3) is 5.33. The Balaban J connectivity index is 1.43. The van der Waals surface area contributed by atoms with Gasteiger partial charge >= 0.3 is 5.97 Å². The van der Waals surface area contributed by atoms with Crippen LogP contribution in [0.25, 0.3) is 0 Å². The van der Waals surface area contributed by atoms with Gasteiger partial charge in [0.05, 0.1) is 0 Å². The maximum absolute atomic E-state index is 12.6. The lowest BCUT2D eigenvalue weighted by Gasteiger charge is -2.58. The summed E-state index contributed by atoms with van der Waals surface area (Å²) in [5.74, 6) is 5.42. The molecule has 0 bridgehead atoms. The summed E-state index contributed by atoms with van der Waals surface area (Å²) in [6.07, 6.45) is 17.1. The highest BCUT2D eigenvalue weighted by Gasteiger charge is 2.59. The molecule has 2 nitrogen and oxygen atoms in total. The molecule has 3 heteroatoms. The molecule has 0 saturated heterocycles. The maximum Gasteiger partial charge on any atom is 0.320 e. The molecule has 0 unspecified atom stereocenters. The zero-order valence-electron chi connectivity index (χ0n) is 23.7. The van der Waals surface area contributed by atoms with Gasteiger partial charge in [-0.3, -0.25) is 4.79 Å². The first kappa shape index (κ1) is 27.7. The molecule has 3 fully saturated rings. The minimum absolute atomic E-state index is 0.0635. The lowest BCUT2D eigenvalue weighted by atomic mass is 9.47. The van der Waals surface area contributed by atoms with Gasteiger partial charge in [-0.25, -0.2) is 0 Å². The number of rotatable bonds is 8. The van der Waals surface area contributed by atoms with Gasteiger partial charge in [-0.2, -0.15) is 0 Å². The van der Waals surface area contributed by atoms with E-state index in [0.29, 0.717) is 10.8 Å². The molecule has 3 saturated carbocycles. The van der Waals surface area contributed by atoms with Gasteiger partial charge in [0.15, 0.2) is 0 Å². The quantitative estimate of drug-likeness (QED) is 0.171. The molecule has 9 atom stereocenters. The van der Waals surface area contributed by atoms with Crippen LogP contribution in [0.15, 0.2) is 11.6 Å². The fourth-order valence-corrected chi connectivity index (χ4v) is 9.36. The molecule has 0 aromatic rings. The van der Waals surface area contributed by atoms with E-state index in [0.717, 1.165) is 48.3 Å². The third-order valence-electron chi connectivity index (χ3n) is 11.4. The van der Waals surface area contributed by atoms with Crippen LogP contribution in [-0.4, -0.2) is 16.9 Å². The molecule has 0 aromatic carbocycles. The Hall–Kier alpha value is -0.310. The highest BCUT2D eigenvalue weighted by molar-refractivity contribution is 9.10. The van der Waals surface area contributed by atoms with E-state index in [1.54, 1.807) is 5.57 Å². The zero-order valence-corrected chi connectivity index (χ0v) is 25.3. The number of esters is 1. The fourth-order valence-electron chi connectivity index (χ4n) is 9.25. The van der Waals surface area contributed by atoms with E-state index in [9.17, 15) is 4.79 Å². The predicted octanol–water partition coefficient (Wildman–Crippen LogP) is 9.36. The van der Waals surface area contributed by atoms with Gasteiger partial charge in [0.2, 0.25) is 0 Å². The third-order valence-corrected chi connectivity index (χ3v) is 12.8. The fraction of sp³-hybridized carbons (Fsp3) is 0.906. The standard InChI is InChI=1S/C32H53BrO2/c1-20(2)9-8-10-22(5)26-13-14-27-25-12-11-23-19-24(35-30(34)29(33)21(3)4)15-17-31(23,6)28(25)16-18-32(26,27)7/h11,20-22,24-29H,8-10,12-19H2,1-7H3/t22-,24-,25+,26-,27+,28+,29-,31+,32-/m1/s1. The number of hydrogen-bond donors (Lipinski definition) is 0. The van der Waals surface area contributed by atoms with Crippen LogP contribution >= 0.6 is 15.9 Å². The Bertz CT molecular complexity index is 786. The Labute approximate surface area is 224 Å². The summed E-state index contributed by atoms with van der Waals surface area (Å²) in [7, 11) is 0. The summed E-state index contributed by atoms with van der Waals surface area (Å²) in [4.78, 5) is 12.4. The van der Waals surface area contributed by atoms with Crippen LogP contribution in [-0.2, 0) is 9.53 Å². The van der Waals surface area contributed by atoms with E-state index in [2.05, 4.69) is 70.5 Å². The molecule has 4 aliphatic carbocycles. The molecular formula is C32H53BrO2. The van der Waals surface area contributed by atoms with Crippen LogP contribution in [0.2, 0.25) is 0 Å². The summed E-state index contributed by atoms with van der Waals surface area (Å²) in [6.45, 7) is 16.7. The van der Waals surface area contributed by atoms with Gasteiger partial charge in [-0.05, 0) is 97.2 Å². The lowest BCUT2D eigenvalue weighted by molar-refractivity contribution is -0.151. The molecule has 0 heterocycles. The summed E-state index contributed by atoms with van der Waals surface area (Å²) >= 11 is 3.54. The van der Waals surface area contributed by atoms with Crippen LogP contribution in [0, 0.1) is 52.3 Å². The Kier molecular flexibility index (Phi) is 8.57. The first-order valence-electron chi connectivity index (χ1n) is 15.0. The second kappa shape index (κ2) is 10.8. The molecule has 4 aliphatic rings. The Morgan fingerprint density at radius 2 is 1.77 bits per heavy atom. The highest BCUT2D eigenvalue weighted by atomic mass is 79.9. The monoisotopic (exact) mass is 548 g/mol. The molecule has 200 valence electrons. The predicted molar refractivity (Wildman–Crippen MR) is 150 cm³/mol. The molecule has 4 rings (SSSR count). The van der Waals surface area contributed by atoms with E-state index in [1.807, 2.05) is 0 Å². The van der Waals surface area contributed by atoms with Crippen LogP contribution in [0.5, 0.6) is 0 Å². The van der Waals surface area contributed by atoms with E-state index in [-0.39, 0.29) is 22.8 Å².